The number of aryl methyl sites for hydroxylation is 1. The molecule has 0 bridgehead atoms. The van der Waals surface area contributed by atoms with Crippen molar-refractivity contribution in [1.29, 1.82) is 0 Å². The smallest absolute Gasteiger partial charge is 0.338 e. The number of aliphatic hydroxyl groups is 1. The van der Waals surface area contributed by atoms with Gasteiger partial charge < -0.3 is 14.6 Å². The van der Waals surface area contributed by atoms with Crippen molar-refractivity contribution in [1.82, 2.24) is 9.55 Å². The third-order valence-corrected chi connectivity index (χ3v) is 4.37. The summed E-state index contributed by atoms with van der Waals surface area (Å²) in [7, 11) is 0. The number of nitrogens with zero attached hydrogens (tertiary/aromatic N) is 1. The zero-order chi connectivity index (χ0) is 18.8. The molecule has 3 rings (SSSR count). The number of ether oxygens (including phenoxy) is 2. The van der Waals surface area contributed by atoms with E-state index in [1.807, 2.05) is 0 Å². The molecule has 3 atom stereocenters. The minimum Gasteiger partial charge on any atom is -0.459 e. The lowest BCUT2D eigenvalue weighted by molar-refractivity contribution is -0.0532. The van der Waals surface area contributed by atoms with Gasteiger partial charge in [0, 0.05) is 23.2 Å². The quantitative estimate of drug-likeness (QED) is 0.766. The van der Waals surface area contributed by atoms with E-state index in [2.05, 4.69) is 4.98 Å². The van der Waals surface area contributed by atoms with Crippen molar-refractivity contribution < 1.29 is 19.4 Å². The molecule has 2 aromatic rings. The largest absolute Gasteiger partial charge is 0.459 e. The Bertz CT molecular complexity index is 920. The van der Waals surface area contributed by atoms with Gasteiger partial charge in [-0.3, -0.25) is 14.3 Å². The number of rotatable bonds is 4. The van der Waals surface area contributed by atoms with Gasteiger partial charge in [0.25, 0.3) is 5.56 Å². The number of hydrogen-bond acceptors (Lipinski definition) is 6. The molecular weight excluding hydrogens is 364 g/mol. The summed E-state index contributed by atoms with van der Waals surface area (Å²) in [5, 5.41) is 10.6. The molecule has 8 nitrogen and oxygen atoms in total. The molecule has 1 saturated heterocycles. The number of aromatic nitrogens is 2. The third-order valence-electron chi connectivity index (χ3n) is 4.12. The average molecular weight is 381 g/mol. The highest BCUT2D eigenvalue weighted by molar-refractivity contribution is 6.30. The summed E-state index contributed by atoms with van der Waals surface area (Å²) < 4.78 is 12.0. The second-order valence-electron chi connectivity index (χ2n) is 6.02. The second kappa shape index (κ2) is 7.45. The van der Waals surface area contributed by atoms with E-state index in [4.69, 9.17) is 21.1 Å². The number of halogens is 1. The molecule has 1 aromatic heterocycles. The SMILES string of the molecule is Cc1cn([C@H]2CC(O)[C@@H](COC(=O)c3ccc(Cl)cc3)O2)c(=O)[nH]c1=O. The van der Waals surface area contributed by atoms with E-state index in [1.165, 1.54) is 22.9 Å². The zero-order valence-corrected chi connectivity index (χ0v) is 14.6. The molecule has 9 heteroatoms. The molecule has 0 saturated carbocycles. The first-order valence-corrected chi connectivity index (χ1v) is 8.31. The Kier molecular flexibility index (Phi) is 5.26. The Balaban J connectivity index is 1.65. The fourth-order valence-corrected chi connectivity index (χ4v) is 2.79. The van der Waals surface area contributed by atoms with Crippen LogP contribution in [0.5, 0.6) is 0 Å². The van der Waals surface area contributed by atoms with E-state index in [1.54, 1.807) is 19.1 Å². The van der Waals surface area contributed by atoms with Crippen molar-refractivity contribution in [2.75, 3.05) is 6.61 Å². The molecule has 0 aliphatic carbocycles. The summed E-state index contributed by atoms with van der Waals surface area (Å²) in [6, 6.07) is 6.20. The minimum atomic E-state index is -0.919. The van der Waals surface area contributed by atoms with Crippen molar-refractivity contribution >= 4 is 17.6 Å². The summed E-state index contributed by atoms with van der Waals surface area (Å²) in [6.45, 7) is 1.39. The number of aromatic amines is 1. The predicted octanol–water partition coefficient (Wildman–Crippen LogP) is 1.00. The summed E-state index contributed by atoms with van der Waals surface area (Å²) in [5.41, 5.74) is -0.430. The summed E-state index contributed by atoms with van der Waals surface area (Å²) in [4.78, 5) is 37.6. The molecule has 2 N–H and O–H groups in total. The molecule has 1 aromatic carbocycles. The Morgan fingerprint density at radius 3 is 2.77 bits per heavy atom. The molecule has 0 spiro atoms. The van der Waals surface area contributed by atoms with Gasteiger partial charge in [-0.15, -0.1) is 0 Å². The van der Waals surface area contributed by atoms with E-state index in [-0.39, 0.29) is 13.0 Å². The van der Waals surface area contributed by atoms with E-state index in [0.29, 0.717) is 16.1 Å². The highest BCUT2D eigenvalue weighted by Gasteiger charge is 2.36. The van der Waals surface area contributed by atoms with Crippen molar-refractivity contribution in [2.45, 2.75) is 31.8 Å². The predicted molar refractivity (Wildman–Crippen MR) is 92.3 cm³/mol. The number of aliphatic hydroxyl groups excluding tert-OH is 1. The number of benzene rings is 1. The number of H-pyrrole nitrogens is 1. The van der Waals surface area contributed by atoms with E-state index in [9.17, 15) is 19.5 Å². The average Bonchev–Trinajstić information content (AvgIpc) is 2.97. The maximum absolute atomic E-state index is 12.0. The fourth-order valence-electron chi connectivity index (χ4n) is 2.66. The van der Waals surface area contributed by atoms with Gasteiger partial charge in [0.1, 0.15) is 18.9 Å². The van der Waals surface area contributed by atoms with Gasteiger partial charge in [0.05, 0.1) is 11.7 Å². The summed E-state index contributed by atoms with van der Waals surface area (Å²) in [5.74, 6) is -0.571. The van der Waals surface area contributed by atoms with E-state index in [0.717, 1.165) is 0 Å². The fraction of sp³-hybridized carbons (Fsp3) is 0.353. The van der Waals surface area contributed by atoms with Gasteiger partial charge in [-0.1, -0.05) is 11.6 Å². The Morgan fingerprint density at radius 1 is 1.38 bits per heavy atom. The molecule has 138 valence electrons. The van der Waals surface area contributed by atoms with Crippen LogP contribution in [0.15, 0.2) is 40.1 Å². The Morgan fingerprint density at radius 2 is 2.08 bits per heavy atom. The van der Waals surface area contributed by atoms with Crippen LogP contribution in [0.2, 0.25) is 5.02 Å². The zero-order valence-electron chi connectivity index (χ0n) is 13.8. The number of esters is 1. The lowest BCUT2D eigenvalue weighted by Gasteiger charge is -2.16. The number of carbonyl (C=O) groups is 1. The van der Waals surface area contributed by atoms with Crippen LogP contribution in [0.1, 0.15) is 28.6 Å². The highest BCUT2D eigenvalue weighted by Crippen LogP contribution is 2.28. The van der Waals surface area contributed by atoms with E-state index >= 15 is 0 Å². The van der Waals surface area contributed by atoms with Crippen LogP contribution in [0, 0.1) is 6.92 Å². The molecule has 1 unspecified atom stereocenters. The summed E-state index contributed by atoms with van der Waals surface area (Å²) >= 11 is 5.77. The first-order valence-electron chi connectivity index (χ1n) is 7.93. The first-order chi connectivity index (χ1) is 12.3. The molecular formula is C17H17ClN2O6. The van der Waals surface area contributed by atoms with Crippen molar-refractivity contribution in [3.63, 3.8) is 0 Å². The molecule has 26 heavy (non-hydrogen) atoms. The Labute approximate surface area is 152 Å². The van der Waals surface area contributed by atoms with E-state index < -0.39 is 35.7 Å². The third kappa shape index (κ3) is 3.87. The van der Waals surface area contributed by atoms with Crippen LogP contribution >= 0.6 is 11.6 Å². The normalized spacial score (nSPS) is 22.3. The number of nitrogens with one attached hydrogen (secondary N) is 1. The van der Waals surface area contributed by atoms with Crippen LogP contribution in [0.3, 0.4) is 0 Å². The lowest BCUT2D eigenvalue weighted by atomic mass is 10.2. The minimum absolute atomic E-state index is 0.133. The van der Waals surface area contributed by atoms with Gasteiger partial charge in [0.15, 0.2) is 0 Å². The highest BCUT2D eigenvalue weighted by atomic mass is 35.5. The maximum atomic E-state index is 12.0. The van der Waals surface area contributed by atoms with Crippen LogP contribution < -0.4 is 11.2 Å². The number of carbonyl (C=O) groups excluding carboxylic acids is 1. The summed E-state index contributed by atoms with van der Waals surface area (Å²) in [6.07, 6.45) is -0.949. The van der Waals surface area contributed by atoms with Gasteiger partial charge >= 0.3 is 11.7 Å². The standard InChI is InChI=1S/C17H17ClN2O6/c1-9-7-20(17(24)19-15(9)22)14-6-12(21)13(26-14)8-25-16(23)10-2-4-11(18)5-3-10/h2-5,7,12-14,21H,6,8H2,1H3,(H,19,22,24)/t12?,13-,14-/m1/s1. The first kappa shape index (κ1) is 18.4. The van der Waals surface area contributed by atoms with Crippen molar-refractivity contribution in [3.05, 3.63) is 67.4 Å². The maximum Gasteiger partial charge on any atom is 0.338 e. The van der Waals surface area contributed by atoms with Gasteiger partial charge in [-0.2, -0.15) is 0 Å². The molecule has 0 radical (unpaired) electrons. The van der Waals surface area contributed by atoms with Crippen LogP contribution in [-0.2, 0) is 9.47 Å². The number of hydrogen-bond donors (Lipinski definition) is 2. The lowest BCUT2D eigenvalue weighted by Crippen LogP contribution is -2.33. The Hall–Kier alpha value is -2.42. The van der Waals surface area contributed by atoms with Crippen molar-refractivity contribution in [2.24, 2.45) is 0 Å². The molecule has 1 aliphatic rings. The molecule has 1 aliphatic heterocycles. The van der Waals surface area contributed by atoms with Gasteiger partial charge in [0.2, 0.25) is 0 Å². The second-order valence-corrected chi connectivity index (χ2v) is 6.45. The van der Waals surface area contributed by atoms with Crippen LogP contribution in [0.4, 0.5) is 0 Å². The van der Waals surface area contributed by atoms with Gasteiger partial charge in [-0.05, 0) is 31.2 Å². The molecule has 2 heterocycles. The molecule has 1 fully saturated rings. The van der Waals surface area contributed by atoms with Gasteiger partial charge in [-0.25, -0.2) is 9.59 Å². The molecule has 0 amide bonds. The monoisotopic (exact) mass is 380 g/mol. The van der Waals surface area contributed by atoms with Crippen LogP contribution in [0.25, 0.3) is 0 Å². The van der Waals surface area contributed by atoms with Crippen molar-refractivity contribution in [3.8, 4) is 0 Å². The topological polar surface area (TPSA) is 111 Å². The van der Waals surface area contributed by atoms with Crippen LogP contribution in [-0.4, -0.2) is 39.4 Å².